The Morgan fingerprint density at radius 3 is 2.86 bits per heavy atom. The number of benzene rings is 1. The van der Waals surface area contributed by atoms with Crippen molar-refractivity contribution in [3.8, 4) is 0 Å². The Morgan fingerprint density at radius 1 is 1.29 bits per heavy atom. The van der Waals surface area contributed by atoms with Crippen LogP contribution >= 0.6 is 0 Å². The molecule has 1 aliphatic rings. The molecule has 1 aromatic heterocycles. The van der Waals surface area contributed by atoms with Gasteiger partial charge in [0.25, 0.3) is 5.91 Å². The summed E-state index contributed by atoms with van der Waals surface area (Å²) in [5.41, 5.74) is 6.37. The molecule has 2 atom stereocenters. The van der Waals surface area contributed by atoms with Gasteiger partial charge in [0.15, 0.2) is 0 Å². The standard InChI is InChI=1S/C17H21N3O/c1-11-6-2-5-9-14(11)20-17(21)15-10-12-7-3-4-8-13(12)16(18)19-15/h3-4,7-8,10-11,14H,2,5-6,9H2,1H3,(H2,18,19)(H,20,21). The second kappa shape index (κ2) is 5.72. The van der Waals surface area contributed by atoms with Crippen LogP contribution in [0.4, 0.5) is 5.82 Å². The number of pyridine rings is 1. The molecular weight excluding hydrogens is 262 g/mol. The zero-order chi connectivity index (χ0) is 14.8. The van der Waals surface area contributed by atoms with E-state index >= 15 is 0 Å². The van der Waals surface area contributed by atoms with Gasteiger partial charge < -0.3 is 11.1 Å². The molecule has 2 unspecified atom stereocenters. The van der Waals surface area contributed by atoms with E-state index in [-0.39, 0.29) is 11.9 Å². The van der Waals surface area contributed by atoms with Crippen molar-refractivity contribution in [2.24, 2.45) is 5.92 Å². The highest BCUT2D eigenvalue weighted by atomic mass is 16.1. The van der Waals surface area contributed by atoms with E-state index in [0.717, 1.165) is 17.2 Å². The fraction of sp³-hybridized carbons (Fsp3) is 0.412. The number of aromatic nitrogens is 1. The van der Waals surface area contributed by atoms with E-state index in [2.05, 4.69) is 17.2 Å². The summed E-state index contributed by atoms with van der Waals surface area (Å²) < 4.78 is 0. The highest BCUT2D eigenvalue weighted by Crippen LogP contribution is 2.24. The van der Waals surface area contributed by atoms with Crippen LogP contribution in [-0.2, 0) is 0 Å². The molecule has 2 aromatic rings. The lowest BCUT2D eigenvalue weighted by Gasteiger charge is -2.29. The number of amides is 1. The third-order valence-electron chi connectivity index (χ3n) is 4.43. The summed E-state index contributed by atoms with van der Waals surface area (Å²) in [7, 11) is 0. The Hall–Kier alpha value is -2.10. The number of nitrogen functional groups attached to an aromatic ring is 1. The van der Waals surface area contributed by atoms with E-state index in [1.165, 1.54) is 19.3 Å². The van der Waals surface area contributed by atoms with Gasteiger partial charge in [-0.2, -0.15) is 0 Å². The molecule has 1 saturated carbocycles. The molecule has 4 heteroatoms. The number of rotatable bonds is 2. The quantitative estimate of drug-likeness (QED) is 0.889. The smallest absolute Gasteiger partial charge is 0.270 e. The number of anilines is 1. The van der Waals surface area contributed by atoms with Crippen LogP contribution in [0.25, 0.3) is 10.8 Å². The van der Waals surface area contributed by atoms with Crippen molar-refractivity contribution in [3.05, 3.63) is 36.0 Å². The third-order valence-corrected chi connectivity index (χ3v) is 4.43. The number of nitrogens with one attached hydrogen (secondary N) is 1. The molecule has 0 aliphatic heterocycles. The van der Waals surface area contributed by atoms with E-state index in [0.29, 0.717) is 17.4 Å². The lowest BCUT2D eigenvalue weighted by atomic mass is 9.86. The van der Waals surface area contributed by atoms with Crippen LogP contribution in [0.5, 0.6) is 0 Å². The SMILES string of the molecule is CC1CCCCC1NC(=O)c1cc2ccccc2c(N)n1. The zero-order valence-corrected chi connectivity index (χ0v) is 12.3. The van der Waals surface area contributed by atoms with Crippen molar-refractivity contribution in [1.82, 2.24) is 10.3 Å². The van der Waals surface area contributed by atoms with Crippen LogP contribution in [0.15, 0.2) is 30.3 Å². The van der Waals surface area contributed by atoms with Crippen LogP contribution in [0.1, 0.15) is 43.1 Å². The second-order valence-corrected chi connectivity index (χ2v) is 5.96. The Labute approximate surface area is 124 Å². The number of fused-ring (bicyclic) bond motifs is 1. The monoisotopic (exact) mass is 283 g/mol. The summed E-state index contributed by atoms with van der Waals surface area (Å²) in [5, 5.41) is 4.96. The Bertz CT molecular complexity index is 668. The van der Waals surface area contributed by atoms with E-state index < -0.39 is 0 Å². The summed E-state index contributed by atoms with van der Waals surface area (Å²) >= 11 is 0. The maximum absolute atomic E-state index is 12.4. The normalized spacial score (nSPS) is 22.1. The van der Waals surface area contributed by atoms with Gasteiger partial charge in [-0.25, -0.2) is 4.98 Å². The van der Waals surface area contributed by atoms with Gasteiger partial charge in [-0.3, -0.25) is 4.79 Å². The van der Waals surface area contributed by atoms with E-state index in [4.69, 9.17) is 5.73 Å². The molecule has 3 N–H and O–H groups in total. The van der Waals surface area contributed by atoms with Gasteiger partial charge in [-0.1, -0.05) is 44.0 Å². The minimum absolute atomic E-state index is 0.119. The number of carbonyl (C=O) groups excluding carboxylic acids is 1. The van der Waals surface area contributed by atoms with Crippen molar-refractivity contribution >= 4 is 22.5 Å². The summed E-state index contributed by atoms with van der Waals surface area (Å²) in [6, 6.07) is 9.79. The number of hydrogen-bond donors (Lipinski definition) is 2. The minimum atomic E-state index is -0.119. The molecule has 0 saturated heterocycles. The van der Waals surface area contributed by atoms with Gasteiger partial charge in [0.1, 0.15) is 11.5 Å². The molecule has 1 heterocycles. The molecule has 21 heavy (non-hydrogen) atoms. The maximum atomic E-state index is 12.4. The fourth-order valence-corrected chi connectivity index (χ4v) is 3.12. The van der Waals surface area contributed by atoms with Crippen molar-refractivity contribution in [1.29, 1.82) is 0 Å². The Morgan fingerprint density at radius 2 is 2.05 bits per heavy atom. The fourth-order valence-electron chi connectivity index (χ4n) is 3.12. The van der Waals surface area contributed by atoms with Gasteiger partial charge >= 0.3 is 0 Å². The van der Waals surface area contributed by atoms with Crippen molar-refractivity contribution in [2.45, 2.75) is 38.6 Å². The first-order valence-electron chi connectivity index (χ1n) is 7.61. The van der Waals surface area contributed by atoms with Crippen molar-refractivity contribution in [2.75, 3.05) is 5.73 Å². The summed E-state index contributed by atoms with van der Waals surface area (Å²) in [6.07, 6.45) is 4.67. The lowest BCUT2D eigenvalue weighted by Crippen LogP contribution is -2.41. The van der Waals surface area contributed by atoms with Gasteiger partial charge in [0.05, 0.1) is 0 Å². The van der Waals surface area contributed by atoms with Crippen LogP contribution in [0.2, 0.25) is 0 Å². The number of nitrogens with two attached hydrogens (primary N) is 1. The molecule has 1 aromatic carbocycles. The van der Waals surface area contributed by atoms with Crippen molar-refractivity contribution in [3.63, 3.8) is 0 Å². The molecule has 1 aliphatic carbocycles. The Balaban J connectivity index is 1.84. The second-order valence-electron chi connectivity index (χ2n) is 5.96. The number of nitrogens with zero attached hydrogens (tertiary/aromatic N) is 1. The predicted molar refractivity (Wildman–Crippen MR) is 85.0 cm³/mol. The molecule has 1 fully saturated rings. The van der Waals surface area contributed by atoms with E-state index in [1.54, 1.807) is 0 Å². The molecule has 4 nitrogen and oxygen atoms in total. The molecule has 3 rings (SSSR count). The van der Waals surface area contributed by atoms with Crippen LogP contribution in [-0.4, -0.2) is 16.9 Å². The highest BCUT2D eigenvalue weighted by molar-refractivity contribution is 5.99. The molecule has 0 bridgehead atoms. The first-order chi connectivity index (χ1) is 10.1. The Kier molecular flexibility index (Phi) is 3.78. The first-order valence-corrected chi connectivity index (χ1v) is 7.61. The third kappa shape index (κ3) is 2.84. The first kappa shape index (κ1) is 13.9. The molecule has 0 radical (unpaired) electrons. The van der Waals surface area contributed by atoms with E-state index in [1.807, 2.05) is 30.3 Å². The van der Waals surface area contributed by atoms with E-state index in [9.17, 15) is 4.79 Å². The number of hydrogen-bond acceptors (Lipinski definition) is 3. The zero-order valence-electron chi connectivity index (χ0n) is 12.3. The highest BCUT2D eigenvalue weighted by Gasteiger charge is 2.23. The van der Waals surface area contributed by atoms with Crippen LogP contribution in [0.3, 0.4) is 0 Å². The van der Waals surface area contributed by atoms with Crippen molar-refractivity contribution < 1.29 is 4.79 Å². The summed E-state index contributed by atoms with van der Waals surface area (Å²) in [5.74, 6) is 0.821. The minimum Gasteiger partial charge on any atom is -0.383 e. The van der Waals surface area contributed by atoms with Gasteiger partial charge in [0, 0.05) is 11.4 Å². The molecule has 0 spiro atoms. The van der Waals surface area contributed by atoms with Gasteiger partial charge in [-0.15, -0.1) is 0 Å². The number of carbonyl (C=O) groups is 1. The molecular formula is C17H21N3O. The van der Waals surface area contributed by atoms with Gasteiger partial charge in [0.2, 0.25) is 0 Å². The van der Waals surface area contributed by atoms with Crippen LogP contribution < -0.4 is 11.1 Å². The largest absolute Gasteiger partial charge is 0.383 e. The van der Waals surface area contributed by atoms with Crippen LogP contribution in [0, 0.1) is 5.92 Å². The average molecular weight is 283 g/mol. The molecule has 110 valence electrons. The molecule has 1 amide bonds. The predicted octanol–water partition coefficient (Wildman–Crippen LogP) is 3.13. The lowest BCUT2D eigenvalue weighted by molar-refractivity contribution is 0.0905. The summed E-state index contributed by atoms with van der Waals surface area (Å²) in [4.78, 5) is 16.7. The maximum Gasteiger partial charge on any atom is 0.270 e. The topological polar surface area (TPSA) is 68.0 Å². The summed E-state index contributed by atoms with van der Waals surface area (Å²) in [6.45, 7) is 2.20. The van der Waals surface area contributed by atoms with Gasteiger partial charge in [-0.05, 0) is 30.2 Å². The average Bonchev–Trinajstić information content (AvgIpc) is 2.49.